The number of benzene rings is 4. The first kappa shape index (κ1) is 44.8. The molecule has 0 aromatic heterocycles. The van der Waals surface area contributed by atoms with Crippen LogP contribution in [0.5, 0.6) is 23.0 Å². The molecule has 5 rings (SSSR count). The van der Waals surface area contributed by atoms with Crippen molar-refractivity contribution < 1.29 is 39.6 Å². The van der Waals surface area contributed by atoms with Gasteiger partial charge in [0.2, 0.25) is 0 Å². The summed E-state index contributed by atoms with van der Waals surface area (Å²) in [4.78, 5) is 54.6. The highest BCUT2D eigenvalue weighted by molar-refractivity contribution is 5.99. The highest BCUT2D eigenvalue weighted by Crippen LogP contribution is 2.40. The minimum absolute atomic E-state index is 0.0721. The Morgan fingerprint density at radius 1 is 0.367 bits per heavy atom. The third-order valence-electron chi connectivity index (χ3n) is 11.1. The van der Waals surface area contributed by atoms with Gasteiger partial charge in [0.25, 0.3) is 0 Å². The second-order valence-electron chi connectivity index (χ2n) is 15.7. The summed E-state index contributed by atoms with van der Waals surface area (Å²) in [5, 5.41) is 47.8. The molecule has 0 spiro atoms. The van der Waals surface area contributed by atoms with Crippen LogP contribution >= 0.6 is 0 Å². The van der Waals surface area contributed by atoms with Gasteiger partial charge < -0.3 is 20.4 Å². The number of hydrogen-bond acceptors (Lipinski definition) is 8. The van der Waals surface area contributed by atoms with Gasteiger partial charge in [-0.15, -0.1) is 26.3 Å². The van der Waals surface area contributed by atoms with Crippen LogP contribution in [0.3, 0.4) is 0 Å². The predicted molar refractivity (Wildman–Crippen MR) is 237 cm³/mol. The van der Waals surface area contributed by atoms with Crippen LogP contribution in [0.1, 0.15) is 163 Å². The number of unbranched alkanes of at least 4 members (excludes halogenated alkanes) is 4. The summed E-state index contributed by atoms with van der Waals surface area (Å²) in [6, 6.07) is 12.8. The van der Waals surface area contributed by atoms with Crippen LogP contribution in [0.4, 0.5) is 0 Å². The van der Waals surface area contributed by atoms with Crippen molar-refractivity contribution in [3.63, 3.8) is 0 Å². The highest BCUT2D eigenvalue weighted by Gasteiger charge is 2.25. The van der Waals surface area contributed by atoms with Gasteiger partial charge >= 0.3 is 0 Å². The highest BCUT2D eigenvalue weighted by atomic mass is 16.3. The van der Waals surface area contributed by atoms with Crippen LogP contribution in [0.2, 0.25) is 0 Å². The van der Waals surface area contributed by atoms with Gasteiger partial charge in [-0.1, -0.05) is 24.3 Å². The number of Topliss-reactive ketones (excluding diaryl/α,β-unsaturated/α-hetero) is 4. The maximum Gasteiger partial charge on any atom is 0.162 e. The first-order valence-electron chi connectivity index (χ1n) is 20.8. The number of carbonyl (C=O) groups is 4. The number of phenols is 4. The van der Waals surface area contributed by atoms with Gasteiger partial charge in [0.15, 0.2) is 23.1 Å². The van der Waals surface area contributed by atoms with Gasteiger partial charge in [0.1, 0.15) is 23.0 Å². The van der Waals surface area contributed by atoms with E-state index in [0.29, 0.717) is 118 Å². The van der Waals surface area contributed by atoms with Gasteiger partial charge in [-0.2, -0.15) is 0 Å². The summed E-state index contributed by atoms with van der Waals surface area (Å²) < 4.78 is 0. The standard InChI is InChI=1S/C52H56O8/c1-5-9-13-17-45(53)33-21-37-29-39-23-34(46(54)18-14-10-6-2)25-41(50(39)58)31-43-27-36(48(56)20-16-12-8-4)28-44(52(43)60)32-42-26-35(47(55)19-15-11-7-3)24-40(51(42)59)30-38(22-33)49(37)57/h5-8,21-28,57-60H,1-4,9-20,29-32H2. The molecule has 0 saturated heterocycles. The van der Waals surface area contributed by atoms with E-state index in [1.165, 1.54) is 0 Å². The van der Waals surface area contributed by atoms with E-state index in [-0.39, 0.29) is 97.5 Å². The van der Waals surface area contributed by atoms with E-state index in [1.807, 2.05) is 0 Å². The molecule has 0 fully saturated rings. The Kier molecular flexibility index (Phi) is 15.8. The Bertz CT molecular complexity index is 1910. The molecule has 0 saturated carbocycles. The summed E-state index contributed by atoms with van der Waals surface area (Å²) in [5.74, 6) is -1.26. The summed E-state index contributed by atoms with van der Waals surface area (Å²) in [5.41, 5.74) is 3.88. The molecule has 4 aromatic rings. The molecular formula is C52H56O8. The third kappa shape index (κ3) is 11.1. The quantitative estimate of drug-likeness (QED) is 0.0345. The zero-order valence-electron chi connectivity index (χ0n) is 34.5. The Hall–Kier alpha value is -6.28. The lowest BCUT2D eigenvalue weighted by Crippen LogP contribution is -2.08. The van der Waals surface area contributed by atoms with E-state index in [4.69, 9.17) is 0 Å². The molecule has 4 aromatic carbocycles. The van der Waals surface area contributed by atoms with Crippen molar-refractivity contribution in [1.82, 2.24) is 0 Å². The molecule has 1 aliphatic carbocycles. The number of allylic oxidation sites excluding steroid dienone is 4. The first-order valence-corrected chi connectivity index (χ1v) is 20.8. The predicted octanol–water partition coefficient (Wildman–Crippen LogP) is 11.3. The third-order valence-corrected chi connectivity index (χ3v) is 11.1. The van der Waals surface area contributed by atoms with Gasteiger partial charge in [-0.05, 0) is 144 Å². The van der Waals surface area contributed by atoms with Crippen LogP contribution in [0.15, 0.2) is 99.2 Å². The molecule has 0 heterocycles. The minimum Gasteiger partial charge on any atom is -0.507 e. The largest absolute Gasteiger partial charge is 0.507 e. The van der Waals surface area contributed by atoms with Crippen LogP contribution in [-0.2, 0) is 25.7 Å². The van der Waals surface area contributed by atoms with E-state index < -0.39 is 0 Å². The lowest BCUT2D eigenvalue weighted by molar-refractivity contribution is 0.0972. The summed E-state index contributed by atoms with van der Waals surface area (Å²) in [7, 11) is 0. The number of aromatic hydroxyl groups is 4. The first-order chi connectivity index (χ1) is 28.9. The molecule has 8 nitrogen and oxygen atoms in total. The van der Waals surface area contributed by atoms with Crippen LogP contribution in [0, 0.1) is 0 Å². The topological polar surface area (TPSA) is 149 Å². The molecule has 0 amide bonds. The van der Waals surface area contributed by atoms with Gasteiger partial charge in [-0.25, -0.2) is 0 Å². The molecule has 4 N–H and O–H groups in total. The maximum atomic E-state index is 13.7. The molecule has 312 valence electrons. The average molecular weight is 809 g/mol. The van der Waals surface area contributed by atoms with Crippen LogP contribution < -0.4 is 0 Å². The normalized spacial score (nSPS) is 12.0. The summed E-state index contributed by atoms with van der Waals surface area (Å²) in [6.07, 6.45) is 12.4. The van der Waals surface area contributed by atoms with E-state index in [1.54, 1.807) is 72.8 Å². The summed E-state index contributed by atoms with van der Waals surface area (Å²) >= 11 is 0. The lowest BCUT2D eigenvalue weighted by atomic mass is 9.86. The number of ketones is 4. The van der Waals surface area contributed by atoms with Gasteiger partial charge in [-0.3, -0.25) is 19.2 Å². The van der Waals surface area contributed by atoms with Crippen molar-refractivity contribution >= 4 is 23.1 Å². The second kappa shape index (κ2) is 21.1. The number of carbonyl (C=O) groups excluding carboxylic acids is 4. The van der Waals surface area contributed by atoms with E-state index >= 15 is 0 Å². The lowest BCUT2D eigenvalue weighted by Gasteiger charge is -2.20. The maximum absolute atomic E-state index is 13.7. The van der Waals surface area contributed by atoms with E-state index in [9.17, 15) is 39.6 Å². The van der Waals surface area contributed by atoms with Crippen LogP contribution in [0.25, 0.3) is 0 Å². The zero-order chi connectivity index (χ0) is 43.3. The zero-order valence-corrected chi connectivity index (χ0v) is 34.5. The summed E-state index contributed by atoms with van der Waals surface area (Å²) in [6.45, 7) is 15.0. The Labute approximate surface area is 353 Å². The van der Waals surface area contributed by atoms with Crippen molar-refractivity contribution in [2.45, 2.75) is 103 Å². The fraction of sp³-hybridized carbons (Fsp3) is 0.308. The molecule has 1 aliphatic rings. The van der Waals surface area contributed by atoms with Crippen LogP contribution in [-0.4, -0.2) is 43.6 Å². The number of rotatable bonds is 20. The second-order valence-corrected chi connectivity index (χ2v) is 15.7. The van der Waals surface area contributed by atoms with Crippen molar-refractivity contribution in [3.8, 4) is 23.0 Å². The number of fused-ring (bicyclic) bond motifs is 8. The molecule has 8 heteroatoms. The molecular weight excluding hydrogens is 753 g/mol. The van der Waals surface area contributed by atoms with Crippen molar-refractivity contribution in [2.24, 2.45) is 0 Å². The molecule has 0 radical (unpaired) electrons. The Morgan fingerprint density at radius 3 is 0.683 bits per heavy atom. The molecule has 8 bridgehead atoms. The monoisotopic (exact) mass is 808 g/mol. The van der Waals surface area contributed by atoms with E-state index in [2.05, 4.69) is 26.3 Å². The van der Waals surface area contributed by atoms with Gasteiger partial charge in [0, 0.05) is 73.6 Å². The Balaban J connectivity index is 1.79. The number of hydrogen-bond donors (Lipinski definition) is 4. The smallest absolute Gasteiger partial charge is 0.162 e. The fourth-order valence-corrected chi connectivity index (χ4v) is 7.79. The van der Waals surface area contributed by atoms with Crippen molar-refractivity contribution in [2.75, 3.05) is 0 Å². The molecule has 60 heavy (non-hydrogen) atoms. The van der Waals surface area contributed by atoms with Crippen molar-refractivity contribution in [3.05, 3.63) is 166 Å². The number of phenolic OH excluding ortho intramolecular Hbond substituents is 4. The van der Waals surface area contributed by atoms with Gasteiger partial charge in [0.05, 0.1) is 0 Å². The van der Waals surface area contributed by atoms with Crippen molar-refractivity contribution in [1.29, 1.82) is 0 Å². The Morgan fingerprint density at radius 2 is 0.533 bits per heavy atom. The molecule has 0 aliphatic heterocycles. The fourth-order valence-electron chi connectivity index (χ4n) is 7.79. The minimum atomic E-state index is -0.162. The van der Waals surface area contributed by atoms with E-state index in [0.717, 1.165) is 0 Å². The molecule has 0 atom stereocenters. The average Bonchev–Trinajstić information content (AvgIpc) is 3.22. The molecule has 0 unspecified atom stereocenters. The SMILES string of the molecule is C=CCCCC(=O)c1cc2c(O)c(c1)Cc1cc(C(=O)CCCC=C)cc(c1O)Cc1cc(C(=O)CCCC=C)cc(c1O)Cc1cc(C(=O)CCCC=C)cc(c1O)C2.